The lowest BCUT2D eigenvalue weighted by Gasteiger charge is -2.25. The monoisotopic (exact) mass is 429 g/mol. The summed E-state index contributed by atoms with van der Waals surface area (Å²) in [4.78, 5) is 37.3. The third-order valence-corrected chi connectivity index (χ3v) is 6.10. The second-order valence-electron chi connectivity index (χ2n) is 9.79. The number of nitrogens with one attached hydrogen (secondary N) is 2. The van der Waals surface area contributed by atoms with E-state index in [1.807, 2.05) is 49.9 Å². The summed E-state index contributed by atoms with van der Waals surface area (Å²) in [7, 11) is 0. The van der Waals surface area contributed by atoms with Crippen molar-refractivity contribution in [2.75, 3.05) is 18.4 Å². The highest BCUT2D eigenvalue weighted by atomic mass is 16.6. The van der Waals surface area contributed by atoms with E-state index in [2.05, 4.69) is 10.6 Å². The summed E-state index contributed by atoms with van der Waals surface area (Å²) in [5.74, 6) is 1.19. The summed E-state index contributed by atoms with van der Waals surface area (Å²) in [6.45, 7) is 7.12. The number of imide groups is 1. The van der Waals surface area contributed by atoms with Crippen LogP contribution in [0.15, 0.2) is 24.3 Å². The zero-order valence-corrected chi connectivity index (χ0v) is 18.3. The van der Waals surface area contributed by atoms with Gasteiger partial charge in [0.15, 0.2) is 0 Å². The summed E-state index contributed by atoms with van der Waals surface area (Å²) in [6, 6.07) is 7.18. The fourth-order valence-electron chi connectivity index (χ4n) is 4.67. The fraction of sp³-hybridized carbons (Fsp3) is 0.609. The molecule has 0 radical (unpaired) electrons. The number of amides is 3. The van der Waals surface area contributed by atoms with Crippen LogP contribution in [0.25, 0.3) is 0 Å². The molecule has 1 aromatic carbocycles. The molecule has 0 spiro atoms. The van der Waals surface area contributed by atoms with E-state index in [1.54, 1.807) is 0 Å². The molecule has 8 heteroatoms. The van der Waals surface area contributed by atoms with Gasteiger partial charge in [0.2, 0.25) is 11.8 Å². The second kappa shape index (κ2) is 8.40. The molecule has 1 aromatic rings. The van der Waals surface area contributed by atoms with Crippen LogP contribution in [0, 0.1) is 11.8 Å². The van der Waals surface area contributed by atoms with Gasteiger partial charge in [-0.15, -0.1) is 0 Å². The van der Waals surface area contributed by atoms with E-state index in [0.717, 1.165) is 37.4 Å². The van der Waals surface area contributed by atoms with Gasteiger partial charge in [0.25, 0.3) is 0 Å². The Kier molecular flexibility index (Phi) is 5.81. The Labute approximate surface area is 182 Å². The van der Waals surface area contributed by atoms with Crippen molar-refractivity contribution in [3.05, 3.63) is 24.3 Å². The van der Waals surface area contributed by atoms with Crippen LogP contribution in [0.4, 0.5) is 10.5 Å². The Balaban J connectivity index is 1.25. The van der Waals surface area contributed by atoms with E-state index < -0.39 is 11.6 Å². The number of hydrogen-bond donors (Lipinski definition) is 2. The fourth-order valence-corrected chi connectivity index (χ4v) is 4.67. The SMILES string of the molecule is CC(C)(C)OC(=O)N1C[C@H]2CC(Oc3ccc(NC4CCC(=O)NC4=O)cc3)C[C@H]2C1. The summed E-state index contributed by atoms with van der Waals surface area (Å²) in [6.07, 6.45) is 2.62. The van der Waals surface area contributed by atoms with E-state index in [0.29, 0.717) is 24.7 Å². The van der Waals surface area contributed by atoms with Gasteiger partial charge in [-0.2, -0.15) is 0 Å². The van der Waals surface area contributed by atoms with Gasteiger partial charge < -0.3 is 19.7 Å². The average Bonchev–Trinajstić information content (AvgIpc) is 3.23. The predicted octanol–water partition coefficient (Wildman–Crippen LogP) is 2.93. The minimum Gasteiger partial charge on any atom is -0.490 e. The molecule has 0 aromatic heterocycles. The van der Waals surface area contributed by atoms with Crippen LogP contribution in [0.3, 0.4) is 0 Å². The molecule has 31 heavy (non-hydrogen) atoms. The quantitative estimate of drug-likeness (QED) is 0.715. The van der Waals surface area contributed by atoms with Gasteiger partial charge in [-0.25, -0.2) is 4.79 Å². The van der Waals surface area contributed by atoms with Gasteiger partial charge in [0.1, 0.15) is 17.4 Å². The average molecular weight is 430 g/mol. The van der Waals surface area contributed by atoms with Gasteiger partial charge in [-0.3, -0.25) is 14.9 Å². The number of carbonyl (C=O) groups is 3. The highest BCUT2D eigenvalue weighted by Gasteiger charge is 2.44. The first-order valence-corrected chi connectivity index (χ1v) is 11.0. The van der Waals surface area contributed by atoms with Crippen molar-refractivity contribution >= 4 is 23.6 Å². The number of carbonyl (C=O) groups excluding carboxylic acids is 3. The number of ether oxygens (including phenoxy) is 2. The number of nitrogens with zero attached hydrogens (tertiary/aromatic N) is 1. The normalized spacial score (nSPS) is 28.2. The maximum atomic E-state index is 12.3. The third kappa shape index (κ3) is 5.29. The molecule has 2 N–H and O–H groups in total. The van der Waals surface area contributed by atoms with Crippen molar-refractivity contribution in [1.29, 1.82) is 0 Å². The predicted molar refractivity (Wildman–Crippen MR) is 115 cm³/mol. The Morgan fingerprint density at radius 3 is 2.32 bits per heavy atom. The number of hydrogen-bond acceptors (Lipinski definition) is 6. The van der Waals surface area contributed by atoms with Crippen molar-refractivity contribution < 1.29 is 23.9 Å². The summed E-state index contributed by atoms with van der Waals surface area (Å²) < 4.78 is 11.7. The maximum absolute atomic E-state index is 12.3. The van der Waals surface area contributed by atoms with E-state index in [4.69, 9.17) is 9.47 Å². The molecule has 168 valence electrons. The molecule has 8 nitrogen and oxygen atoms in total. The molecule has 3 fully saturated rings. The lowest BCUT2D eigenvalue weighted by molar-refractivity contribution is -0.133. The minimum atomic E-state index is -0.473. The first-order chi connectivity index (χ1) is 14.7. The van der Waals surface area contributed by atoms with Crippen molar-refractivity contribution in [3.8, 4) is 5.75 Å². The van der Waals surface area contributed by atoms with Gasteiger partial charge >= 0.3 is 6.09 Å². The van der Waals surface area contributed by atoms with Gasteiger partial charge in [-0.1, -0.05) is 0 Å². The molecule has 1 saturated carbocycles. The van der Waals surface area contributed by atoms with Gasteiger partial charge in [0.05, 0.1) is 6.10 Å². The number of benzene rings is 1. The highest BCUT2D eigenvalue weighted by Crippen LogP contribution is 2.40. The number of anilines is 1. The first kappa shape index (κ1) is 21.5. The number of rotatable bonds is 4. The van der Waals surface area contributed by atoms with Crippen molar-refractivity contribution in [1.82, 2.24) is 10.2 Å². The smallest absolute Gasteiger partial charge is 0.410 e. The highest BCUT2D eigenvalue weighted by molar-refractivity contribution is 6.01. The Morgan fingerprint density at radius 2 is 1.74 bits per heavy atom. The van der Waals surface area contributed by atoms with E-state index in [-0.39, 0.29) is 24.0 Å². The first-order valence-electron chi connectivity index (χ1n) is 11.0. The van der Waals surface area contributed by atoms with Crippen LogP contribution in [0.1, 0.15) is 46.5 Å². The zero-order chi connectivity index (χ0) is 22.2. The molecule has 0 bridgehead atoms. The Hall–Kier alpha value is -2.77. The van der Waals surface area contributed by atoms with E-state index in [9.17, 15) is 14.4 Å². The summed E-state index contributed by atoms with van der Waals surface area (Å²) >= 11 is 0. The number of fused-ring (bicyclic) bond motifs is 1. The van der Waals surface area contributed by atoms with Crippen LogP contribution in [0.2, 0.25) is 0 Å². The molecule has 4 atom stereocenters. The molecule has 3 aliphatic rings. The molecule has 2 saturated heterocycles. The molecule has 4 rings (SSSR count). The Morgan fingerprint density at radius 1 is 1.10 bits per heavy atom. The maximum Gasteiger partial charge on any atom is 0.410 e. The molecule has 2 unspecified atom stereocenters. The molecule has 3 amide bonds. The van der Waals surface area contributed by atoms with Crippen molar-refractivity contribution in [2.24, 2.45) is 11.8 Å². The third-order valence-electron chi connectivity index (χ3n) is 6.10. The lowest BCUT2D eigenvalue weighted by atomic mass is 10.0. The van der Waals surface area contributed by atoms with Crippen LogP contribution < -0.4 is 15.4 Å². The van der Waals surface area contributed by atoms with Crippen LogP contribution in [0.5, 0.6) is 5.75 Å². The van der Waals surface area contributed by atoms with Gasteiger partial charge in [-0.05, 0) is 76.1 Å². The summed E-state index contributed by atoms with van der Waals surface area (Å²) in [5.41, 5.74) is 0.345. The van der Waals surface area contributed by atoms with Crippen LogP contribution >= 0.6 is 0 Å². The summed E-state index contributed by atoms with van der Waals surface area (Å²) in [5, 5.41) is 5.52. The standard InChI is InChI=1S/C23H31N3O5/c1-23(2,3)31-22(29)26-12-14-10-18(11-15(14)13-26)30-17-6-4-16(5-7-17)24-19-8-9-20(27)25-21(19)28/h4-7,14-15,18-19,24H,8-13H2,1-3H3,(H,25,27,28)/t14-,15+,18?,19?. The largest absolute Gasteiger partial charge is 0.490 e. The molecule has 2 heterocycles. The number of piperidine rings is 1. The number of likely N-dealkylation sites (tertiary alicyclic amines) is 1. The molecule has 2 aliphatic heterocycles. The van der Waals surface area contributed by atoms with Gasteiger partial charge in [0, 0.05) is 25.2 Å². The zero-order valence-electron chi connectivity index (χ0n) is 18.3. The lowest BCUT2D eigenvalue weighted by Crippen LogP contribution is -2.47. The Bertz CT molecular complexity index is 834. The van der Waals surface area contributed by atoms with Crippen LogP contribution in [-0.2, 0) is 14.3 Å². The second-order valence-corrected chi connectivity index (χ2v) is 9.79. The molecular weight excluding hydrogens is 398 g/mol. The van der Waals surface area contributed by atoms with E-state index >= 15 is 0 Å². The van der Waals surface area contributed by atoms with Crippen LogP contribution in [-0.4, -0.2) is 53.6 Å². The minimum absolute atomic E-state index is 0.143. The van der Waals surface area contributed by atoms with Crippen molar-refractivity contribution in [3.63, 3.8) is 0 Å². The topological polar surface area (TPSA) is 97.0 Å². The van der Waals surface area contributed by atoms with E-state index in [1.165, 1.54) is 0 Å². The van der Waals surface area contributed by atoms with Crippen molar-refractivity contribution in [2.45, 2.75) is 64.2 Å². The molecular formula is C23H31N3O5. The molecule has 1 aliphatic carbocycles.